The van der Waals surface area contributed by atoms with Gasteiger partial charge in [-0.3, -0.25) is 14.6 Å². The summed E-state index contributed by atoms with van der Waals surface area (Å²) < 4.78 is 5.69. The summed E-state index contributed by atoms with van der Waals surface area (Å²) in [5.74, 6) is 0.627. The highest BCUT2D eigenvalue weighted by Crippen LogP contribution is 2.19. The summed E-state index contributed by atoms with van der Waals surface area (Å²) in [6.45, 7) is 5.29. The van der Waals surface area contributed by atoms with Gasteiger partial charge < -0.3 is 15.0 Å². The van der Waals surface area contributed by atoms with Crippen molar-refractivity contribution in [3.8, 4) is 5.75 Å². The molecule has 142 valence electrons. The first-order valence-corrected chi connectivity index (χ1v) is 9.21. The molecule has 1 saturated heterocycles. The first-order chi connectivity index (χ1) is 13.0. The van der Waals surface area contributed by atoms with Gasteiger partial charge in [-0.05, 0) is 50.5 Å². The summed E-state index contributed by atoms with van der Waals surface area (Å²) in [6, 6.07) is 9.38. The van der Waals surface area contributed by atoms with Crippen LogP contribution in [0.5, 0.6) is 5.75 Å². The SMILES string of the molecule is Cc1ccc(OCC(=O)N2CCC(NC(=O)c3ccncc3)CC2)c(C)c1. The van der Waals surface area contributed by atoms with E-state index in [1.807, 2.05) is 32.0 Å². The van der Waals surface area contributed by atoms with E-state index in [9.17, 15) is 9.59 Å². The minimum Gasteiger partial charge on any atom is -0.484 e. The Bertz CT molecular complexity index is 800. The lowest BCUT2D eigenvalue weighted by molar-refractivity contribution is -0.134. The molecule has 0 atom stereocenters. The zero-order valence-electron chi connectivity index (χ0n) is 15.8. The van der Waals surface area contributed by atoms with Gasteiger partial charge in [0.25, 0.3) is 11.8 Å². The van der Waals surface area contributed by atoms with Crippen LogP contribution < -0.4 is 10.1 Å². The Labute approximate surface area is 159 Å². The molecular formula is C21H25N3O3. The van der Waals surface area contributed by atoms with E-state index in [4.69, 9.17) is 4.74 Å². The van der Waals surface area contributed by atoms with Gasteiger partial charge in [-0.15, -0.1) is 0 Å². The summed E-state index contributed by atoms with van der Waals surface area (Å²) in [7, 11) is 0. The molecule has 0 bridgehead atoms. The van der Waals surface area contributed by atoms with Gasteiger partial charge in [0, 0.05) is 37.1 Å². The van der Waals surface area contributed by atoms with E-state index in [-0.39, 0.29) is 24.5 Å². The Morgan fingerprint density at radius 1 is 1.15 bits per heavy atom. The van der Waals surface area contributed by atoms with E-state index >= 15 is 0 Å². The maximum atomic E-state index is 12.4. The van der Waals surface area contributed by atoms with Gasteiger partial charge in [0.15, 0.2) is 6.61 Å². The number of benzene rings is 1. The molecule has 1 aromatic heterocycles. The molecule has 0 aliphatic carbocycles. The second-order valence-corrected chi connectivity index (χ2v) is 6.92. The highest BCUT2D eigenvalue weighted by molar-refractivity contribution is 5.94. The monoisotopic (exact) mass is 367 g/mol. The molecule has 0 spiro atoms. The number of carbonyl (C=O) groups is 2. The lowest BCUT2D eigenvalue weighted by Crippen LogP contribution is -2.47. The molecule has 3 rings (SSSR count). The fourth-order valence-corrected chi connectivity index (χ4v) is 3.24. The third-order valence-electron chi connectivity index (χ3n) is 4.81. The van der Waals surface area contributed by atoms with Crippen LogP contribution in [-0.4, -0.2) is 47.4 Å². The van der Waals surface area contributed by atoms with Crippen LogP contribution in [0.25, 0.3) is 0 Å². The number of carbonyl (C=O) groups excluding carboxylic acids is 2. The smallest absolute Gasteiger partial charge is 0.260 e. The predicted octanol–water partition coefficient (Wildman–Crippen LogP) is 2.50. The molecule has 1 aliphatic heterocycles. The largest absolute Gasteiger partial charge is 0.484 e. The van der Waals surface area contributed by atoms with Crippen molar-refractivity contribution in [2.45, 2.75) is 32.7 Å². The lowest BCUT2D eigenvalue weighted by Gasteiger charge is -2.32. The van der Waals surface area contributed by atoms with Crippen LogP contribution in [0.15, 0.2) is 42.7 Å². The van der Waals surface area contributed by atoms with Gasteiger partial charge in [0.2, 0.25) is 0 Å². The first kappa shape index (κ1) is 18.9. The number of hydrogen-bond donors (Lipinski definition) is 1. The molecule has 1 aromatic carbocycles. The number of rotatable bonds is 5. The van der Waals surface area contributed by atoms with Crippen molar-refractivity contribution in [3.63, 3.8) is 0 Å². The number of hydrogen-bond acceptors (Lipinski definition) is 4. The van der Waals surface area contributed by atoms with Crippen LogP contribution >= 0.6 is 0 Å². The molecule has 0 saturated carbocycles. The van der Waals surface area contributed by atoms with Gasteiger partial charge in [-0.1, -0.05) is 17.7 Å². The Kier molecular flexibility index (Phi) is 6.06. The molecule has 2 heterocycles. The number of nitrogens with zero attached hydrogens (tertiary/aromatic N) is 2. The minimum absolute atomic E-state index is 0.0196. The number of amides is 2. The van der Waals surface area contributed by atoms with Crippen molar-refractivity contribution >= 4 is 11.8 Å². The van der Waals surface area contributed by atoms with Crippen molar-refractivity contribution in [1.82, 2.24) is 15.2 Å². The Balaban J connectivity index is 1.44. The van der Waals surface area contributed by atoms with E-state index in [2.05, 4.69) is 10.3 Å². The zero-order chi connectivity index (χ0) is 19.2. The van der Waals surface area contributed by atoms with E-state index < -0.39 is 0 Å². The minimum atomic E-state index is -0.0969. The van der Waals surface area contributed by atoms with E-state index in [1.54, 1.807) is 29.4 Å². The number of likely N-dealkylation sites (tertiary alicyclic amines) is 1. The van der Waals surface area contributed by atoms with Gasteiger partial charge in [0.05, 0.1) is 0 Å². The highest BCUT2D eigenvalue weighted by Gasteiger charge is 2.24. The fourth-order valence-electron chi connectivity index (χ4n) is 3.24. The van der Waals surface area contributed by atoms with E-state index in [1.165, 1.54) is 5.56 Å². The van der Waals surface area contributed by atoms with Gasteiger partial charge in [-0.2, -0.15) is 0 Å². The number of pyridine rings is 1. The summed E-state index contributed by atoms with van der Waals surface area (Å²) in [5.41, 5.74) is 2.80. The molecule has 0 radical (unpaired) electrons. The van der Waals surface area contributed by atoms with Crippen LogP contribution in [0.4, 0.5) is 0 Å². The molecule has 1 aliphatic rings. The number of piperidine rings is 1. The van der Waals surface area contributed by atoms with Crippen LogP contribution in [0, 0.1) is 13.8 Å². The quantitative estimate of drug-likeness (QED) is 0.881. The number of aryl methyl sites for hydroxylation is 2. The topological polar surface area (TPSA) is 71.5 Å². The molecule has 2 aromatic rings. The number of ether oxygens (including phenoxy) is 1. The number of nitrogens with one attached hydrogen (secondary N) is 1. The van der Waals surface area contributed by atoms with Crippen molar-refractivity contribution in [1.29, 1.82) is 0 Å². The zero-order valence-corrected chi connectivity index (χ0v) is 15.8. The molecule has 1 N–H and O–H groups in total. The second kappa shape index (κ2) is 8.66. The molecule has 6 heteroatoms. The standard InChI is InChI=1S/C21H25N3O3/c1-15-3-4-19(16(2)13-15)27-14-20(25)24-11-7-18(8-12-24)23-21(26)17-5-9-22-10-6-17/h3-6,9-10,13,18H,7-8,11-12,14H2,1-2H3,(H,23,26). The third-order valence-corrected chi connectivity index (χ3v) is 4.81. The molecule has 2 amide bonds. The number of aromatic nitrogens is 1. The Morgan fingerprint density at radius 2 is 1.85 bits per heavy atom. The summed E-state index contributed by atoms with van der Waals surface area (Å²) >= 11 is 0. The van der Waals surface area contributed by atoms with Crippen molar-refractivity contribution in [2.75, 3.05) is 19.7 Å². The predicted molar refractivity (Wildman–Crippen MR) is 103 cm³/mol. The summed E-state index contributed by atoms with van der Waals surface area (Å²) in [4.78, 5) is 30.3. The average molecular weight is 367 g/mol. The highest BCUT2D eigenvalue weighted by atomic mass is 16.5. The second-order valence-electron chi connectivity index (χ2n) is 6.92. The van der Waals surface area contributed by atoms with Crippen LogP contribution in [0.1, 0.15) is 34.3 Å². The van der Waals surface area contributed by atoms with Crippen molar-refractivity contribution in [2.24, 2.45) is 0 Å². The van der Waals surface area contributed by atoms with Crippen molar-refractivity contribution in [3.05, 3.63) is 59.4 Å². The van der Waals surface area contributed by atoms with E-state index in [0.717, 1.165) is 24.2 Å². The molecular weight excluding hydrogens is 342 g/mol. The summed E-state index contributed by atoms with van der Waals surface area (Å²) in [5, 5.41) is 3.03. The molecule has 6 nitrogen and oxygen atoms in total. The Morgan fingerprint density at radius 3 is 2.52 bits per heavy atom. The van der Waals surface area contributed by atoms with Gasteiger partial charge >= 0.3 is 0 Å². The molecule has 1 fully saturated rings. The Hall–Kier alpha value is -2.89. The van der Waals surface area contributed by atoms with Crippen LogP contribution in [0.3, 0.4) is 0 Å². The van der Waals surface area contributed by atoms with Crippen molar-refractivity contribution < 1.29 is 14.3 Å². The van der Waals surface area contributed by atoms with E-state index in [0.29, 0.717) is 18.7 Å². The normalized spacial score (nSPS) is 14.7. The lowest BCUT2D eigenvalue weighted by atomic mass is 10.0. The fraction of sp³-hybridized carbons (Fsp3) is 0.381. The third kappa shape index (κ3) is 5.06. The summed E-state index contributed by atoms with van der Waals surface area (Å²) in [6.07, 6.45) is 4.69. The van der Waals surface area contributed by atoms with Gasteiger partial charge in [-0.25, -0.2) is 0 Å². The van der Waals surface area contributed by atoms with Crippen LogP contribution in [-0.2, 0) is 4.79 Å². The average Bonchev–Trinajstić information content (AvgIpc) is 2.68. The maximum Gasteiger partial charge on any atom is 0.260 e. The van der Waals surface area contributed by atoms with Crippen LogP contribution in [0.2, 0.25) is 0 Å². The molecule has 0 unspecified atom stereocenters. The molecule has 27 heavy (non-hydrogen) atoms. The first-order valence-electron chi connectivity index (χ1n) is 9.21. The van der Waals surface area contributed by atoms with Gasteiger partial charge in [0.1, 0.15) is 5.75 Å². The maximum absolute atomic E-state index is 12.4.